The summed E-state index contributed by atoms with van der Waals surface area (Å²) in [5, 5.41) is 9.55. The Balaban J connectivity index is 1.61. The molecule has 110 valence electrons. The van der Waals surface area contributed by atoms with E-state index in [2.05, 4.69) is 34.1 Å². The lowest BCUT2D eigenvalue weighted by Gasteiger charge is -2.15. The van der Waals surface area contributed by atoms with Crippen molar-refractivity contribution in [2.45, 2.75) is 25.5 Å². The Bertz CT molecular complexity index is 597. The number of nitrogens with two attached hydrogens (primary N) is 1. The number of hydrogen-bond donors (Lipinski definition) is 2. The predicted octanol–water partition coefficient (Wildman–Crippen LogP) is 1.82. The van der Waals surface area contributed by atoms with Crippen LogP contribution in [-0.4, -0.2) is 34.2 Å². The minimum Gasteiger partial charge on any atom is -0.392 e. The van der Waals surface area contributed by atoms with Gasteiger partial charge < -0.3 is 10.8 Å². The first-order valence-corrected chi connectivity index (χ1v) is 7.39. The molecule has 4 nitrogen and oxygen atoms in total. The number of rotatable bonds is 4. The zero-order valence-corrected chi connectivity index (χ0v) is 12.1. The molecule has 0 radical (unpaired) electrons. The minimum atomic E-state index is -0.154. The van der Waals surface area contributed by atoms with E-state index in [1.165, 1.54) is 11.1 Å². The number of nitrogen functional groups attached to an aromatic ring is 1. The number of hydrogen-bond acceptors (Lipinski definition) is 4. The first-order chi connectivity index (χ1) is 10.2. The van der Waals surface area contributed by atoms with E-state index >= 15 is 0 Å². The van der Waals surface area contributed by atoms with Gasteiger partial charge in [0.15, 0.2) is 0 Å². The molecule has 0 spiro atoms. The predicted molar refractivity (Wildman–Crippen MR) is 83.8 cm³/mol. The molecule has 2 aromatic rings. The molecular formula is C17H21N3O. The molecule has 1 aromatic carbocycles. The summed E-state index contributed by atoms with van der Waals surface area (Å²) in [5.41, 5.74) is 9.21. The average Bonchev–Trinajstić information content (AvgIpc) is 2.86. The van der Waals surface area contributed by atoms with Crippen LogP contribution < -0.4 is 5.73 Å². The van der Waals surface area contributed by atoms with Gasteiger partial charge in [0, 0.05) is 31.7 Å². The number of aliphatic hydroxyl groups is 1. The molecule has 1 aromatic heterocycles. The number of nitrogens with zero attached hydrogens (tertiary/aromatic N) is 2. The fraction of sp³-hybridized carbons (Fsp3) is 0.353. The summed E-state index contributed by atoms with van der Waals surface area (Å²) in [6, 6.07) is 14.3. The van der Waals surface area contributed by atoms with Crippen molar-refractivity contribution in [2.24, 2.45) is 0 Å². The van der Waals surface area contributed by atoms with Crippen molar-refractivity contribution in [1.82, 2.24) is 9.88 Å². The molecule has 1 aliphatic rings. The number of pyridine rings is 1. The van der Waals surface area contributed by atoms with Crippen LogP contribution in [0.3, 0.4) is 0 Å². The normalized spacial score (nSPS) is 19.0. The highest BCUT2D eigenvalue weighted by Crippen LogP contribution is 2.15. The van der Waals surface area contributed by atoms with Crippen LogP contribution in [0, 0.1) is 0 Å². The van der Waals surface area contributed by atoms with Gasteiger partial charge >= 0.3 is 0 Å². The molecule has 2 heterocycles. The van der Waals surface area contributed by atoms with Crippen LogP contribution in [0.25, 0.3) is 0 Å². The summed E-state index contributed by atoms with van der Waals surface area (Å²) in [5.74, 6) is 0.566. The molecule has 4 heteroatoms. The molecule has 1 aliphatic heterocycles. The van der Waals surface area contributed by atoms with Crippen LogP contribution in [0.2, 0.25) is 0 Å². The Labute approximate surface area is 125 Å². The maximum Gasteiger partial charge on any atom is 0.123 e. The molecule has 1 atom stereocenters. The number of aromatic nitrogens is 1. The molecule has 0 saturated carbocycles. The summed E-state index contributed by atoms with van der Waals surface area (Å²) in [6.45, 7) is 2.68. The molecule has 21 heavy (non-hydrogen) atoms. The zero-order chi connectivity index (χ0) is 14.7. The lowest BCUT2D eigenvalue weighted by Crippen LogP contribution is -2.21. The van der Waals surface area contributed by atoms with E-state index < -0.39 is 0 Å². The van der Waals surface area contributed by atoms with E-state index in [1.807, 2.05) is 12.1 Å². The van der Waals surface area contributed by atoms with Gasteiger partial charge in [-0.05, 0) is 29.7 Å². The molecule has 0 amide bonds. The Morgan fingerprint density at radius 1 is 1.14 bits per heavy atom. The van der Waals surface area contributed by atoms with Gasteiger partial charge in [-0.1, -0.05) is 30.3 Å². The Morgan fingerprint density at radius 3 is 2.57 bits per heavy atom. The van der Waals surface area contributed by atoms with Gasteiger partial charge in [-0.2, -0.15) is 0 Å². The maximum absolute atomic E-state index is 9.55. The second kappa shape index (κ2) is 6.24. The fourth-order valence-electron chi connectivity index (χ4n) is 2.78. The van der Waals surface area contributed by atoms with Crippen molar-refractivity contribution in [3.63, 3.8) is 0 Å². The van der Waals surface area contributed by atoms with Crippen molar-refractivity contribution in [3.8, 4) is 0 Å². The van der Waals surface area contributed by atoms with Crippen LogP contribution in [0.1, 0.15) is 23.2 Å². The largest absolute Gasteiger partial charge is 0.392 e. The van der Waals surface area contributed by atoms with Crippen molar-refractivity contribution in [2.75, 3.05) is 18.8 Å². The van der Waals surface area contributed by atoms with E-state index in [1.54, 1.807) is 6.07 Å². The maximum atomic E-state index is 9.55. The Hall–Kier alpha value is -1.91. The second-order valence-corrected chi connectivity index (χ2v) is 5.72. The van der Waals surface area contributed by atoms with Crippen LogP contribution in [0.15, 0.2) is 42.5 Å². The Morgan fingerprint density at radius 2 is 1.90 bits per heavy atom. The van der Waals surface area contributed by atoms with Gasteiger partial charge in [-0.25, -0.2) is 4.98 Å². The molecule has 3 rings (SSSR count). The minimum absolute atomic E-state index is 0.154. The third-order valence-electron chi connectivity index (χ3n) is 3.89. The number of β-amino-alcohol motifs (C(OH)–C–C–N with tert-alkyl or cyclic N) is 1. The number of aliphatic hydroxyl groups excluding tert-OH is 1. The van der Waals surface area contributed by atoms with Crippen LogP contribution in [0.5, 0.6) is 0 Å². The molecule has 1 saturated heterocycles. The molecule has 0 aliphatic carbocycles. The summed E-state index contributed by atoms with van der Waals surface area (Å²) >= 11 is 0. The van der Waals surface area contributed by atoms with Gasteiger partial charge in [0.1, 0.15) is 5.82 Å². The summed E-state index contributed by atoms with van der Waals surface area (Å²) < 4.78 is 0. The molecule has 3 N–H and O–H groups in total. The van der Waals surface area contributed by atoms with Crippen molar-refractivity contribution in [3.05, 3.63) is 59.3 Å². The lowest BCUT2D eigenvalue weighted by molar-refractivity contribution is 0.175. The van der Waals surface area contributed by atoms with Crippen molar-refractivity contribution >= 4 is 5.82 Å². The molecule has 1 unspecified atom stereocenters. The highest BCUT2D eigenvalue weighted by molar-refractivity contribution is 5.32. The lowest BCUT2D eigenvalue weighted by atomic mass is 10.1. The molecule has 1 fully saturated rings. The van der Waals surface area contributed by atoms with Gasteiger partial charge in [0.05, 0.1) is 6.10 Å². The van der Waals surface area contributed by atoms with Gasteiger partial charge in [-0.15, -0.1) is 0 Å². The molecule has 0 bridgehead atoms. The third kappa shape index (κ3) is 3.80. The smallest absolute Gasteiger partial charge is 0.123 e. The summed E-state index contributed by atoms with van der Waals surface area (Å²) in [7, 11) is 0. The van der Waals surface area contributed by atoms with Crippen LogP contribution >= 0.6 is 0 Å². The highest BCUT2D eigenvalue weighted by Gasteiger charge is 2.19. The van der Waals surface area contributed by atoms with E-state index in [9.17, 15) is 5.11 Å². The van der Waals surface area contributed by atoms with Crippen molar-refractivity contribution < 1.29 is 5.11 Å². The zero-order valence-electron chi connectivity index (χ0n) is 12.1. The van der Waals surface area contributed by atoms with E-state index in [0.29, 0.717) is 5.82 Å². The van der Waals surface area contributed by atoms with Crippen LogP contribution in [-0.2, 0) is 13.0 Å². The first-order valence-electron chi connectivity index (χ1n) is 7.39. The highest BCUT2D eigenvalue weighted by atomic mass is 16.3. The first kappa shape index (κ1) is 14.0. The summed E-state index contributed by atoms with van der Waals surface area (Å²) in [6.07, 6.45) is 1.53. The number of benzene rings is 1. The number of likely N-dealkylation sites (tertiary alicyclic amines) is 1. The van der Waals surface area contributed by atoms with Gasteiger partial charge in [0.25, 0.3) is 0 Å². The summed E-state index contributed by atoms with van der Waals surface area (Å²) in [4.78, 5) is 6.61. The van der Waals surface area contributed by atoms with E-state index in [0.717, 1.165) is 38.2 Å². The average molecular weight is 283 g/mol. The van der Waals surface area contributed by atoms with Gasteiger partial charge in [-0.3, -0.25) is 4.90 Å². The quantitative estimate of drug-likeness (QED) is 0.898. The monoisotopic (exact) mass is 283 g/mol. The van der Waals surface area contributed by atoms with E-state index in [-0.39, 0.29) is 6.10 Å². The molecular weight excluding hydrogens is 262 g/mol. The van der Waals surface area contributed by atoms with Crippen LogP contribution in [0.4, 0.5) is 5.82 Å². The second-order valence-electron chi connectivity index (χ2n) is 5.72. The number of anilines is 1. The SMILES string of the molecule is Nc1cccc(Cc2ccc(CN3CCC(O)C3)cc2)n1. The fourth-order valence-corrected chi connectivity index (χ4v) is 2.78. The van der Waals surface area contributed by atoms with Crippen molar-refractivity contribution in [1.29, 1.82) is 0 Å². The topological polar surface area (TPSA) is 62.4 Å². The Kier molecular flexibility index (Phi) is 4.18. The standard InChI is InChI=1S/C17H21N3O/c18-17-3-1-2-15(19-17)10-13-4-6-14(7-5-13)11-20-9-8-16(21)12-20/h1-7,16,21H,8-12H2,(H2,18,19). The van der Waals surface area contributed by atoms with E-state index in [4.69, 9.17) is 5.73 Å². The third-order valence-corrected chi connectivity index (χ3v) is 3.89. The van der Waals surface area contributed by atoms with Gasteiger partial charge in [0.2, 0.25) is 0 Å².